The summed E-state index contributed by atoms with van der Waals surface area (Å²) in [4.78, 5) is 26.0. The van der Waals surface area contributed by atoms with Gasteiger partial charge in [-0.3, -0.25) is 4.79 Å². The average Bonchev–Trinajstić information content (AvgIpc) is 2.60. The lowest BCUT2D eigenvalue weighted by Crippen LogP contribution is -2.44. The molecule has 2 N–H and O–H groups in total. The van der Waals surface area contributed by atoms with E-state index in [2.05, 4.69) is 5.32 Å². The molecule has 1 fully saturated rings. The number of aryl methyl sites for hydroxylation is 1. The molecule has 1 atom stereocenters. The number of hydrogen-bond acceptors (Lipinski definition) is 4. The Morgan fingerprint density at radius 3 is 2.69 bits per heavy atom. The number of aromatic carboxylic acids is 1. The molecule has 0 bridgehead atoms. The molecule has 2 aromatic rings. The van der Waals surface area contributed by atoms with Crippen LogP contribution in [-0.4, -0.2) is 41.8 Å². The van der Waals surface area contributed by atoms with Crippen LogP contribution < -0.4 is 15.6 Å². The predicted molar refractivity (Wildman–Crippen MR) is 100 cm³/mol. The first-order valence-electron chi connectivity index (χ1n) is 8.58. The van der Waals surface area contributed by atoms with E-state index in [1.165, 1.54) is 12.3 Å². The van der Waals surface area contributed by atoms with E-state index < -0.39 is 17.2 Å². The molecule has 3 heterocycles. The van der Waals surface area contributed by atoms with Crippen LogP contribution in [0.2, 0.25) is 0 Å². The first-order valence-corrected chi connectivity index (χ1v) is 8.58. The maximum atomic E-state index is 15.0. The lowest BCUT2D eigenvalue weighted by Gasteiger charge is -2.35. The summed E-state index contributed by atoms with van der Waals surface area (Å²) < 4.78 is 16.8. The molecule has 1 aromatic carbocycles. The van der Waals surface area contributed by atoms with Gasteiger partial charge in [-0.1, -0.05) is 0 Å². The van der Waals surface area contributed by atoms with Crippen LogP contribution in [0.15, 0.2) is 17.1 Å². The Morgan fingerprint density at radius 1 is 1.35 bits per heavy atom. The Balaban J connectivity index is 0.00000196. The van der Waals surface area contributed by atoms with Gasteiger partial charge in [-0.05, 0) is 25.8 Å². The fraction of sp³-hybridized carbons (Fsp3) is 0.444. The third-order valence-electron chi connectivity index (χ3n) is 5.29. The quantitative estimate of drug-likeness (QED) is 0.834. The van der Waals surface area contributed by atoms with Gasteiger partial charge in [0.05, 0.1) is 11.2 Å². The molecule has 1 saturated heterocycles. The number of rotatable bonds is 2. The van der Waals surface area contributed by atoms with Gasteiger partial charge in [-0.15, -0.1) is 12.4 Å². The second kappa shape index (κ2) is 6.89. The number of carboxylic acid groups (broad SMARTS) is 1. The number of nitrogens with zero attached hydrogens (tertiary/aromatic N) is 2. The topological polar surface area (TPSA) is 74.6 Å². The van der Waals surface area contributed by atoms with Crippen LogP contribution in [0, 0.1) is 5.82 Å². The molecule has 0 saturated carbocycles. The largest absolute Gasteiger partial charge is 0.477 e. The number of nitrogens with one attached hydrogen (secondary N) is 1. The highest BCUT2D eigenvalue weighted by Gasteiger charge is 2.28. The van der Waals surface area contributed by atoms with Gasteiger partial charge < -0.3 is 19.9 Å². The zero-order valence-electron chi connectivity index (χ0n) is 14.4. The van der Waals surface area contributed by atoms with Gasteiger partial charge >= 0.3 is 5.97 Å². The normalized spacial score (nSPS) is 19.3. The summed E-state index contributed by atoms with van der Waals surface area (Å²) in [6.07, 6.45) is 2.88. The average molecular weight is 382 g/mol. The maximum absolute atomic E-state index is 15.0. The summed E-state index contributed by atoms with van der Waals surface area (Å²) in [5.41, 5.74) is 1.16. The van der Waals surface area contributed by atoms with Crippen LogP contribution in [0.4, 0.5) is 10.1 Å². The van der Waals surface area contributed by atoms with Crippen LogP contribution in [-0.2, 0) is 6.42 Å². The highest BCUT2D eigenvalue weighted by molar-refractivity contribution is 5.95. The van der Waals surface area contributed by atoms with Crippen LogP contribution in [0.5, 0.6) is 0 Å². The molecule has 2 aliphatic heterocycles. The second-order valence-corrected chi connectivity index (χ2v) is 6.79. The molecule has 140 valence electrons. The Hall–Kier alpha value is -2.12. The molecule has 2 aliphatic rings. The molecule has 6 nitrogen and oxygen atoms in total. The minimum Gasteiger partial charge on any atom is -0.477 e. The predicted octanol–water partition coefficient (Wildman–Crippen LogP) is 2.18. The number of pyridine rings is 1. The van der Waals surface area contributed by atoms with E-state index in [0.717, 1.165) is 25.1 Å². The fourth-order valence-corrected chi connectivity index (χ4v) is 4.02. The molecular formula is C18H21ClFN3O3. The minimum absolute atomic E-state index is 0. The highest BCUT2D eigenvalue weighted by atomic mass is 35.5. The van der Waals surface area contributed by atoms with Gasteiger partial charge in [-0.2, -0.15) is 0 Å². The van der Waals surface area contributed by atoms with Gasteiger partial charge in [0.15, 0.2) is 0 Å². The molecule has 1 unspecified atom stereocenters. The standard InChI is InChI=1S/C18H20FN3O3.ClH/c1-10-2-3-11-15-12(17(23)13(18(24)25)9-22(10)15)8-14(19)16(11)21-6-4-20-5-7-21;/h8-10,20H,2-7H2,1H3,(H,24,25);1H. The highest BCUT2D eigenvalue weighted by Crippen LogP contribution is 2.38. The molecule has 0 spiro atoms. The molecule has 4 rings (SSSR count). The SMILES string of the molecule is CC1CCc2c(N3CCNCC3)c(F)cc3c(=O)c(C(=O)O)cn1c23.Cl. The zero-order valence-corrected chi connectivity index (χ0v) is 15.2. The summed E-state index contributed by atoms with van der Waals surface area (Å²) in [5.74, 6) is -1.72. The number of carbonyl (C=O) groups is 1. The zero-order chi connectivity index (χ0) is 17.7. The van der Waals surface area contributed by atoms with Gasteiger partial charge in [0, 0.05) is 49.4 Å². The minimum atomic E-state index is -1.28. The number of halogens is 2. The van der Waals surface area contributed by atoms with E-state index in [-0.39, 0.29) is 29.4 Å². The van der Waals surface area contributed by atoms with Gasteiger partial charge in [0.2, 0.25) is 5.43 Å². The molecule has 0 radical (unpaired) electrons. The van der Waals surface area contributed by atoms with Crippen molar-refractivity contribution in [3.8, 4) is 0 Å². The van der Waals surface area contributed by atoms with Gasteiger partial charge in [0.1, 0.15) is 11.4 Å². The van der Waals surface area contributed by atoms with Crippen molar-refractivity contribution in [2.45, 2.75) is 25.8 Å². The Kier molecular flexibility index (Phi) is 4.94. The van der Waals surface area contributed by atoms with Crippen molar-refractivity contribution in [2.24, 2.45) is 0 Å². The molecule has 26 heavy (non-hydrogen) atoms. The summed E-state index contributed by atoms with van der Waals surface area (Å²) in [6.45, 7) is 4.99. The summed E-state index contributed by atoms with van der Waals surface area (Å²) >= 11 is 0. The smallest absolute Gasteiger partial charge is 0.341 e. The van der Waals surface area contributed by atoms with Crippen LogP contribution in [0.1, 0.15) is 35.3 Å². The first kappa shape index (κ1) is 18.7. The Bertz CT molecular complexity index is 938. The number of aromatic nitrogens is 1. The van der Waals surface area contributed by atoms with Crippen molar-refractivity contribution in [3.05, 3.63) is 39.4 Å². The van der Waals surface area contributed by atoms with Crippen molar-refractivity contribution >= 4 is 35.0 Å². The Morgan fingerprint density at radius 2 is 2.04 bits per heavy atom. The molecular weight excluding hydrogens is 361 g/mol. The third kappa shape index (κ3) is 2.75. The molecule has 8 heteroatoms. The lowest BCUT2D eigenvalue weighted by atomic mass is 9.93. The summed E-state index contributed by atoms with van der Waals surface area (Å²) in [5, 5.41) is 12.7. The van der Waals surface area contributed by atoms with Crippen LogP contribution >= 0.6 is 12.4 Å². The van der Waals surface area contributed by atoms with Crippen LogP contribution in [0.25, 0.3) is 10.9 Å². The van der Waals surface area contributed by atoms with Crippen molar-refractivity contribution in [3.63, 3.8) is 0 Å². The van der Waals surface area contributed by atoms with Crippen molar-refractivity contribution in [2.75, 3.05) is 31.1 Å². The molecule has 0 amide bonds. The number of piperazine rings is 1. The lowest BCUT2D eigenvalue weighted by molar-refractivity contribution is 0.0694. The number of benzene rings is 1. The molecule has 0 aliphatic carbocycles. The van der Waals surface area contributed by atoms with Crippen molar-refractivity contribution in [1.82, 2.24) is 9.88 Å². The van der Waals surface area contributed by atoms with Gasteiger partial charge in [0.25, 0.3) is 0 Å². The summed E-state index contributed by atoms with van der Waals surface area (Å²) in [6, 6.07) is 1.29. The van der Waals surface area contributed by atoms with E-state index in [1.807, 2.05) is 16.4 Å². The van der Waals surface area contributed by atoms with E-state index in [0.29, 0.717) is 30.7 Å². The van der Waals surface area contributed by atoms with E-state index in [9.17, 15) is 19.1 Å². The van der Waals surface area contributed by atoms with Gasteiger partial charge in [-0.25, -0.2) is 9.18 Å². The van der Waals surface area contributed by atoms with Crippen molar-refractivity contribution < 1.29 is 14.3 Å². The Labute approximate surface area is 156 Å². The third-order valence-corrected chi connectivity index (χ3v) is 5.29. The number of carboxylic acids is 1. The van der Waals surface area contributed by atoms with Crippen molar-refractivity contribution in [1.29, 1.82) is 0 Å². The first-order chi connectivity index (χ1) is 12.0. The molecule has 1 aromatic heterocycles. The van der Waals surface area contributed by atoms with Crippen LogP contribution in [0.3, 0.4) is 0 Å². The monoisotopic (exact) mass is 381 g/mol. The summed E-state index contributed by atoms with van der Waals surface area (Å²) in [7, 11) is 0. The fourth-order valence-electron chi connectivity index (χ4n) is 4.02. The van der Waals surface area contributed by atoms with E-state index in [1.54, 1.807) is 0 Å². The number of hydrogen-bond donors (Lipinski definition) is 2. The second-order valence-electron chi connectivity index (χ2n) is 6.79. The number of anilines is 1. The maximum Gasteiger partial charge on any atom is 0.341 e. The van der Waals surface area contributed by atoms with E-state index >= 15 is 0 Å². The van der Waals surface area contributed by atoms with E-state index in [4.69, 9.17) is 0 Å².